The fraction of sp³-hybridized carbons (Fsp3) is 0.344. The number of benzene rings is 3. The van der Waals surface area contributed by atoms with Crippen LogP contribution in [-0.2, 0) is 49.9 Å². The lowest BCUT2D eigenvalue weighted by molar-refractivity contribution is -0.158. The van der Waals surface area contributed by atoms with Crippen LogP contribution in [0.3, 0.4) is 0 Å². The van der Waals surface area contributed by atoms with Crippen molar-refractivity contribution in [2.45, 2.75) is 64.4 Å². The Labute approximate surface area is 230 Å². The maximum Gasteiger partial charge on any atom is 0.329 e. The van der Waals surface area contributed by atoms with Crippen LogP contribution in [-0.4, -0.2) is 47.5 Å². The predicted octanol–water partition coefficient (Wildman–Crippen LogP) is 4.23. The minimum atomic E-state index is -0.759. The highest BCUT2D eigenvalue weighted by atomic mass is 16.5. The molecule has 0 aromatic heterocycles. The summed E-state index contributed by atoms with van der Waals surface area (Å²) in [5.74, 6) is -1.10. The van der Waals surface area contributed by atoms with Crippen molar-refractivity contribution in [2.24, 2.45) is 0 Å². The monoisotopic (exact) mass is 528 g/mol. The summed E-state index contributed by atoms with van der Waals surface area (Å²) < 4.78 is 11.0. The van der Waals surface area contributed by atoms with Crippen LogP contribution < -0.4 is 5.32 Å². The second kappa shape index (κ2) is 13.7. The number of carbonyl (C=O) groups excluding carboxylic acids is 3. The van der Waals surface area contributed by atoms with Crippen molar-refractivity contribution in [1.82, 2.24) is 10.2 Å². The first-order chi connectivity index (χ1) is 19.0. The molecule has 3 aromatic carbocycles. The van der Waals surface area contributed by atoms with Crippen molar-refractivity contribution in [2.75, 3.05) is 6.61 Å². The lowest BCUT2D eigenvalue weighted by atomic mass is 9.93. The summed E-state index contributed by atoms with van der Waals surface area (Å²) in [6, 6.07) is 25.0. The smallest absolute Gasteiger partial charge is 0.329 e. The number of rotatable bonds is 11. The van der Waals surface area contributed by atoms with E-state index in [1.165, 1.54) is 0 Å². The van der Waals surface area contributed by atoms with Gasteiger partial charge in [-0.3, -0.25) is 14.9 Å². The molecule has 3 atom stereocenters. The molecule has 39 heavy (non-hydrogen) atoms. The van der Waals surface area contributed by atoms with Crippen LogP contribution >= 0.6 is 0 Å². The highest BCUT2D eigenvalue weighted by Crippen LogP contribution is 2.25. The molecule has 0 saturated carbocycles. The molecule has 4 rings (SSSR count). The average Bonchev–Trinajstić information content (AvgIpc) is 2.98. The molecule has 3 aromatic rings. The summed E-state index contributed by atoms with van der Waals surface area (Å²) >= 11 is 0. The number of amides is 1. The lowest BCUT2D eigenvalue weighted by Crippen LogP contribution is -2.56. The minimum Gasteiger partial charge on any atom is -0.465 e. The molecule has 1 N–H and O–H groups in total. The van der Waals surface area contributed by atoms with Crippen LogP contribution in [0.2, 0.25) is 0 Å². The Morgan fingerprint density at radius 3 is 2.15 bits per heavy atom. The number of hydrogen-bond acceptors (Lipinski definition) is 6. The van der Waals surface area contributed by atoms with E-state index in [-0.39, 0.29) is 19.1 Å². The second-order valence-corrected chi connectivity index (χ2v) is 9.77. The highest BCUT2D eigenvalue weighted by Gasteiger charge is 2.38. The zero-order valence-electron chi connectivity index (χ0n) is 22.5. The number of hydrogen-bond donors (Lipinski definition) is 1. The second-order valence-electron chi connectivity index (χ2n) is 9.77. The van der Waals surface area contributed by atoms with Crippen molar-refractivity contribution in [1.29, 1.82) is 0 Å². The first-order valence-electron chi connectivity index (χ1n) is 13.5. The van der Waals surface area contributed by atoms with E-state index in [4.69, 9.17) is 9.47 Å². The van der Waals surface area contributed by atoms with Gasteiger partial charge in [0, 0.05) is 13.0 Å². The number of nitrogens with zero attached hydrogens (tertiary/aromatic N) is 1. The topological polar surface area (TPSA) is 84.9 Å². The summed E-state index contributed by atoms with van der Waals surface area (Å²) in [5.41, 5.74) is 4.00. The average molecular weight is 529 g/mol. The molecular weight excluding hydrogens is 492 g/mol. The van der Waals surface area contributed by atoms with Crippen molar-refractivity contribution >= 4 is 17.8 Å². The predicted molar refractivity (Wildman–Crippen MR) is 149 cm³/mol. The largest absolute Gasteiger partial charge is 0.465 e. The van der Waals surface area contributed by atoms with Gasteiger partial charge in [-0.15, -0.1) is 0 Å². The molecule has 0 fully saturated rings. The van der Waals surface area contributed by atoms with Crippen LogP contribution in [0.15, 0.2) is 84.9 Å². The van der Waals surface area contributed by atoms with Gasteiger partial charge in [0.25, 0.3) is 0 Å². The molecule has 7 nitrogen and oxygen atoms in total. The van der Waals surface area contributed by atoms with E-state index in [0.29, 0.717) is 25.8 Å². The van der Waals surface area contributed by atoms with Crippen molar-refractivity contribution < 1.29 is 23.9 Å². The molecular formula is C32H36N2O5. The third-order valence-corrected chi connectivity index (χ3v) is 6.98. The van der Waals surface area contributed by atoms with Gasteiger partial charge in [-0.1, -0.05) is 84.9 Å². The van der Waals surface area contributed by atoms with E-state index in [9.17, 15) is 14.4 Å². The normalized spacial score (nSPS) is 16.1. The van der Waals surface area contributed by atoms with Gasteiger partial charge in [-0.25, -0.2) is 4.79 Å². The fourth-order valence-electron chi connectivity index (χ4n) is 4.88. The van der Waals surface area contributed by atoms with E-state index in [1.54, 1.807) is 18.7 Å². The summed E-state index contributed by atoms with van der Waals surface area (Å²) in [6.07, 6.45) is 1.51. The van der Waals surface area contributed by atoms with Crippen LogP contribution in [0, 0.1) is 0 Å². The third-order valence-electron chi connectivity index (χ3n) is 6.98. The number of ether oxygens (including phenoxy) is 2. The van der Waals surface area contributed by atoms with Gasteiger partial charge < -0.3 is 14.4 Å². The van der Waals surface area contributed by atoms with Gasteiger partial charge in [-0.2, -0.15) is 0 Å². The van der Waals surface area contributed by atoms with Crippen molar-refractivity contribution in [3.63, 3.8) is 0 Å². The zero-order valence-corrected chi connectivity index (χ0v) is 22.5. The molecule has 0 aliphatic carbocycles. The standard InChI is InChI=1S/C32H36N2O5/c1-3-38-31(36)28(19-18-24-12-6-4-7-13-24)33-23(2)30(35)34-21-27-17-11-10-16-26(27)20-29(34)32(37)39-22-25-14-8-5-9-15-25/h4-17,23,28-29,33H,3,18-22H2,1-2H3. The van der Waals surface area contributed by atoms with Gasteiger partial charge in [0.1, 0.15) is 18.7 Å². The Morgan fingerprint density at radius 1 is 0.872 bits per heavy atom. The fourth-order valence-corrected chi connectivity index (χ4v) is 4.88. The van der Waals surface area contributed by atoms with Crippen LogP contribution in [0.1, 0.15) is 42.5 Å². The van der Waals surface area contributed by atoms with E-state index in [0.717, 1.165) is 22.3 Å². The number of esters is 2. The van der Waals surface area contributed by atoms with E-state index >= 15 is 0 Å². The molecule has 3 unspecified atom stereocenters. The molecule has 0 radical (unpaired) electrons. The summed E-state index contributed by atoms with van der Waals surface area (Å²) in [7, 11) is 0. The molecule has 1 aliphatic rings. The van der Waals surface area contributed by atoms with Gasteiger partial charge in [-0.05, 0) is 48.9 Å². The summed E-state index contributed by atoms with van der Waals surface area (Å²) in [4.78, 5) is 41.4. The Kier molecular flexibility index (Phi) is 9.86. The highest BCUT2D eigenvalue weighted by molar-refractivity contribution is 5.89. The molecule has 1 aliphatic heterocycles. The first-order valence-corrected chi connectivity index (χ1v) is 13.5. The maximum atomic E-state index is 13.8. The third kappa shape index (κ3) is 7.54. The molecule has 0 saturated heterocycles. The maximum absolute atomic E-state index is 13.8. The quantitative estimate of drug-likeness (QED) is 0.375. The van der Waals surface area contributed by atoms with Crippen molar-refractivity contribution in [3.8, 4) is 0 Å². The Bertz CT molecular complexity index is 1250. The van der Waals surface area contributed by atoms with E-state index in [1.807, 2.05) is 84.9 Å². The first kappa shape index (κ1) is 28.0. The van der Waals surface area contributed by atoms with Gasteiger partial charge >= 0.3 is 11.9 Å². The van der Waals surface area contributed by atoms with Crippen LogP contribution in [0.4, 0.5) is 0 Å². The van der Waals surface area contributed by atoms with Gasteiger partial charge in [0.2, 0.25) is 5.91 Å². The number of carbonyl (C=O) groups is 3. The SMILES string of the molecule is CCOC(=O)C(CCc1ccccc1)NC(C)C(=O)N1Cc2ccccc2CC1C(=O)OCc1ccccc1. The summed E-state index contributed by atoms with van der Waals surface area (Å²) in [5, 5.41) is 3.19. The Hall–Kier alpha value is -3.97. The lowest BCUT2D eigenvalue weighted by Gasteiger charge is -2.37. The molecule has 204 valence electrons. The Morgan fingerprint density at radius 2 is 1.49 bits per heavy atom. The molecule has 1 heterocycles. The minimum absolute atomic E-state index is 0.137. The van der Waals surface area contributed by atoms with Gasteiger partial charge in [0.15, 0.2) is 0 Å². The number of fused-ring (bicyclic) bond motifs is 1. The zero-order chi connectivity index (χ0) is 27.6. The molecule has 0 bridgehead atoms. The molecule has 0 spiro atoms. The van der Waals surface area contributed by atoms with Gasteiger partial charge in [0.05, 0.1) is 12.6 Å². The molecule has 7 heteroatoms. The number of aryl methyl sites for hydroxylation is 1. The van der Waals surface area contributed by atoms with E-state index in [2.05, 4.69) is 5.32 Å². The van der Waals surface area contributed by atoms with Crippen LogP contribution in [0.5, 0.6) is 0 Å². The Balaban J connectivity index is 1.48. The van der Waals surface area contributed by atoms with Crippen molar-refractivity contribution in [3.05, 3.63) is 107 Å². The number of nitrogens with one attached hydrogen (secondary N) is 1. The van der Waals surface area contributed by atoms with E-state index < -0.39 is 30.1 Å². The summed E-state index contributed by atoms with van der Waals surface area (Å²) in [6.45, 7) is 4.17. The molecule has 1 amide bonds. The van der Waals surface area contributed by atoms with Crippen LogP contribution in [0.25, 0.3) is 0 Å².